The average Bonchev–Trinajstić information content (AvgIpc) is 3.15. The number of ether oxygens (including phenoxy) is 1. The van der Waals surface area contributed by atoms with Gasteiger partial charge in [-0.3, -0.25) is 15.1 Å². The molecule has 8 nitrogen and oxygen atoms in total. The summed E-state index contributed by atoms with van der Waals surface area (Å²) < 4.78 is 4.73. The van der Waals surface area contributed by atoms with Crippen molar-refractivity contribution in [3.05, 3.63) is 101 Å². The van der Waals surface area contributed by atoms with E-state index in [-0.39, 0.29) is 28.8 Å². The number of benzene rings is 4. The molecule has 0 saturated carbocycles. The molecule has 0 aromatic heterocycles. The molecule has 3 N–H and O–H groups in total. The van der Waals surface area contributed by atoms with Crippen molar-refractivity contribution in [1.29, 1.82) is 0 Å². The second kappa shape index (κ2) is 9.74. The molecule has 5 rings (SSSR count). The minimum absolute atomic E-state index is 0.107. The highest BCUT2D eigenvalue weighted by atomic mass is 16.7. The molecule has 0 aliphatic carbocycles. The Kier molecular flexibility index (Phi) is 6.30. The first-order valence-corrected chi connectivity index (χ1v) is 11.9. The molecule has 1 amide bonds. The van der Waals surface area contributed by atoms with Crippen molar-refractivity contribution < 1.29 is 24.5 Å². The maximum absolute atomic E-state index is 13.6. The number of aryl methyl sites for hydroxylation is 3. The maximum atomic E-state index is 13.6. The number of para-hydroxylation sites is 1. The number of phenolic OH excluding ortho intramolecular Hbond substituents is 1. The Balaban J connectivity index is 1.50. The Hall–Kier alpha value is -5.11. The van der Waals surface area contributed by atoms with Crippen LogP contribution in [-0.4, -0.2) is 28.0 Å². The number of nitrogens with zero attached hydrogens (tertiary/aromatic N) is 2. The van der Waals surface area contributed by atoms with Crippen LogP contribution >= 0.6 is 0 Å². The molecule has 8 heteroatoms. The van der Waals surface area contributed by atoms with Crippen LogP contribution in [-0.2, 0) is 4.79 Å². The molecule has 0 fully saturated rings. The monoisotopic (exact) mass is 507 g/mol. The summed E-state index contributed by atoms with van der Waals surface area (Å²) >= 11 is 0. The first-order valence-electron chi connectivity index (χ1n) is 11.9. The molecule has 1 heterocycles. The zero-order chi connectivity index (χ0) is 27.0. The lowest BCUT2D eigenvalue weighted by molar-refractivity contribution is -0.111. The second-order valence-electron chi connectivity index (χ2n) is 9.10. The number of phenols is 1. The number of carbonyl (C=O) groups is 2. The van der Waals surface area contributed by atoms with Gasteiger partial charge < -0.3 is 14.9 Å². The standard InChI is InChI=1S/C30H25N3O5/c1-17-10-13-24-26(14-17)33(21-12-11-18(2)19(3)15-21)29(35)27(24)32-31-25-9-5-8-23(28(25)34)20-6-4-7-22(16-20)38-30(36)37/h4-16,31,34H,1-3H3,(H,36,37). The molecule has 0 unspecified atom stereocenters. The zero-order valence-corrected chi connectivity index (χ0v) is 21.0. The van der Waals surface area contributed by atoms with Crippen molar-refractivity contribution in [2.24, 2.45) is 5.10 Å². The molecule has 1 aliphatic rings. The Labute approximate surface area is 219 Å². The van der Waals surface area contributed by atoms with Gasteiger partial charge in [0, 0.05) is 16.8 Å². The number of carboxylic acid groups (broad SMARTS) is 1. The van der Waals surface area contributed by atoms with Gasteiger partial charge in [0.15, 0.2) is 5.71 Å². The average molecular weight is 508 g/mol. The topological polar surface area (TPSA) is 111 Å². The normalized spacial score (nSPS) is 13.5. The van der Waals surface area contributed by atoms with Crippen LogP contribution in [0.1, 0.15) is 22.3 Å². The van der Waals surface area contributed by atoms with Crippen molar-refractivity contribution in [1.82, 2.24) is 0 Å². The SMILES string of the molecule is Cc1ccc2c(c1)N(c1ccc(C)c(C)c1)C(=O)C2=NNc1cccc(-c2cccc(OC(=O)O)c2)c1O. The number of nitrogens with one attached hydrogen (secondary N) is 1. The summed E-state index contributed by atoms with van der Waals surface area (Å²) in [4.78, 5) is 26.2. The van der Waals surface area contributed by atoms with Crippen LogP contribution in [0.3, 0.4) is 0 Å². The number of hydrogen-bond acceptors (Lipinski definition) is 6. The van der Waals surface area contributed by atoms with Gasteiger partial charge in [-0.25, -0.2) is 4.79 Å². The van der Waals surface area contributed by atoms with Crippen LogP contribution in [0.4, 0.5) is 21.9 Å². The minimum Gasteiger partial charge on any atom is -0.505 e. The fourth-order valence-corrected chi connectivity index (χ4v) is 4.40. The van der Waals surface area contributed by atoms with Crippen molar-refractivity contribution in [3.8, 4) is 22.6 Å². The van der Waals surface area contributed by atoms with E-state index in [9.17, 15) is 14.7 Å². The Morgan fingerprint density at radius 2 is 1.68 bits per heavy atom. The van der Waals surface area contributed by atoms with E-state index in [1.165, 1.54) is 12.1 Å². The molecule has 1 aliphatic heterocycles. The van der Waals surface area contributed by atoms with Gasteiger partial charge >= 0.3 is 6.16 Å². The van der Waals surface area contributed by atoms with Crippen LogP contribution in [0.25, 0.3) is 11.1 Å². The van der Waals surface area contributed by atoms with E-state index in [0.717, 1.165) is 28.1 Å². The number of fused-ring (bicyclic) bond motifs is 1. The van der Waals surface area contributed by atoms with Gasteiger partial charge in [0.2, 0.25) is 0 Å². The van der Waals surface area contributed by atoms with Crippen LogP contribution in [0, 0.1) is 20.8 Å². The van der Waals surface area contributed by atoms with Crippen molar-refractivity contribution in [2.45, 2.75) is 20.8 Å². The lowest BCUT2D eigenvalue weighted by atomic mass is 10.0. The number of carbonyl (C=O) groups excluding carboxylic acids is 1. The minimum atomic E-state index is -1.43. The predicted octanol–water partition coefficient (Wildman–Crippen LogP) is 6.54. The van der Waals surface area contributed by atoms with E-state index >= 15 is 0 Å². The molecule has 38 heavy (non-hydrogen) atoms. The number of rotatable bonds is 5. The van der Waals surface area contributed by atoms with Crippen molar-refractivity contribution in [3.63, 3.8) is 0 Å². The smallest absolute Gasteiger partial charge is 0.505 e. The molecule has 0 spiro atoms. The Bertz CT molecular complexity index is 1630. The lowest BCUT2D eigenvalue weighted by Crippen LogP contribution is -2.26. The quantitative estimate of drug-likeness (QED) is 0.122. The van der Waals surface area contributed by atoms with E-state index in [1.807, 2.05) is 57.2 Å². The molecule has 4 aromatic carbocycles. The number of hydrazone groups is 1. The number of hydrogen-bond donors (Lipinski definition) is 3. The summed E-state index contributed by atoms with van der Waals surface area (Å²) in [6.07, 6.45) is -1.43. The molecule has 4 aromatic rings. The van der Waals surface area contributed by atoms with Crippen molar-refractivity contribution in [2.75, 3.05) is 10.3 Å². The van der Waals surface area contributed by atoms with Crippen LogP contribution in [0.2, 0.25) is 0 Å². The molecule has 0 radical (unpaired) electrons. The second-order valence-corrected chi connectivity index (χ2v) is 9.10. The summed E-state index contributed by atoms with van der Waals surface area (Å²) in [5.41, 5.74) is 9.76. The molecule has 0 atom stereocenters. The van der Waals surface area contributed by atoms with E-state index in [1.54, 1.807) is 35.2 Å². The van der Waals surface area contributed by atoms with E-state index in [0.29, 0.717) is 16.7 Å². The van der Waals surface area contributed by atoms with Crippen LogP contribution in [0.15, 0.2) is 84.0 Å². The van der Waals surface area contributed by atoms with Crippen LogP contribution < -0.4 is 15.1 Å². The highest BCUT2D eigenvalue weighted by Crippen LogP contribution is 2.39. The van der Waals surface area contributed by atoms with Gasteiger partial charge in [-0.15, -0.1) is 0 Å². The van der Waals surface area contributed by atoms with Gasteiger partial charge in [0.25, 0.3) is 5.91 Å². The van der Waals surface area contributed by atoms with Crippen molar-refractivity contribution >= 4 is 34.8 Å². The lowest BCUT2D eigenvalue weighted by Gasteiger charge is -2.18. The Morgan fingerprint density at radius 1 is 0.895 bits per heavy atom. The van der Waals surface area contributed by atoms with Crippen LogP contribution in [0.5, 0.6) is 11.5 Å². The third-order valence-electron chi connectivity index (χ3n) is 6.48. The summed E-state index contributed by atoms with van der Waals surface area (Å²) in [5, 5.41) is 24.3. The molecular formula is C30H25N3O5. The molecule has 0 saturated heterocycles. The maximum Gasteiger partial charge on any atom is 0.511 e. The number of amides is 1. The largest absolute Gasteiger partial charge is 0.511 e. The molecule has 0 bridgehead atoms. The third-order valence-corrected chi connectivity index (χ3v) is 6.48. The highest BCUT2D eigenvalue weighted by molar-refractivity contribution is 6.55. The van der Waals surface area contributed by atoms with Gasteiger partial charge in [-0.05, 0) is 79.4 Å². The van der Waals surface area contributed by atoms with Gasteiger partial charge in [0.1, 0.15) is 11.5 Å². The predicted molar refractivity (Wildman–Crippen MR) is 147 cm³/mol. The van der Waals surface area contributed by atoms with E-state index in [2.05, 4.69) is 10.5 Å². The van der Waals surface area contributed by atoms with Gasteiger partial charge in [0.05, 0.1) is 11.4 Å². The fourth-order valence-electron chi connectivity index (χ4n) is 4.40. The molecular weight excluding hydrogens is 482 g/mol. The molecule has 190 valence electrons. The van der Waals surface area contributed by atoms with Gasteiger partial charge in [-0.1, -0.05) is 42.5 Å². The summed E-state index contributed by atoms with van der Waals surface area (Å²) in [6.45, 7) is 6.00. The Morgan fingerprint density at radius 3 is 2.45 bits per heavy atom. The summed E-state index contributed by atoms with van der Waals surface area (Å²) in [6, 6.07) is 23.1. The highest BCUT2D eigenvalue weighted by Gasteiger charge is 2.35. The number of aromatic hydroxyl groups is 1. The summed E-state index contributed by atoms with van der Waals surface area (Å²) in [7, 11) is 0. The number of anilines is 3. The third kappa shape index (κ3) is 4.55. The zero-order valence-electron chi connectivity index (χ0n) is 21.0. The first-order chi connectivity index (χ1) is 18.2. The van der Waals surface area contributed by atoms with E-state index < -0.39 is 6.16 Å². The fraction of sp³-hybridized carbons (Fsp3) is 0.100. The van der Waals surface area contributed by atoms with Gasteiger partial charge in [-0.2, -0.15) is 5.10 Å². The summed E-state index contributed by atoms with van der Waals surface area (Å²) in [5.74, 6) is -0.261. The first kappa shape index (κ1) is 24.6. The van der Waals surface area contributed by atoms with E-state index in [4.69, 9.17) is 9.84 Å².